The maximum absolute atomic E-state index is 13.0. The highest BCUT2D eigenvalue weighted by Gasteiger charge is 2.42. The van der Waals surface area contributed by atoms with Gasteiger partial charge in [-0.25, -0.2) is 4.98 Å². The maximum atomic E-state index is 13.0. The number of nitrogens with zero attached hydrogens (tertiary/aromatic N) is 3. The fraction of sp³-hybridized carbons (Fsp3) is 0.591. The minimum absolute atomic E-state index is 0.121. The molecule has 1 saturated carbocycles. The molecule has 2 heterocycles. The van der Waals surface area contributed by atoms with E-state index in [1.807, 2.05) is 35.2 Å². The molecule has 0 bridgehead atoms. The molecule has 0 radical (unpaired) electrons. The van der Waals surface area contributed by atoms with Crippen molar-refractivity contribution in [3.63, 3.8) is 0 Å². The summed E-state index contributed by atoms with van der Waals surface area (Å²) in [6.07, 6.45) is 7.60. The first-order chi connectivity index (χ1) is 14.1. The van der Waals surface area contributed by atoms with E-state index in [0.717, 1.165) is 25.1 Å². The van der Waals surface area contributed by atoms with Crippen molar-refractivity contribution in [2.45, 2.75) is 57.1 Å². The number of aromatic nitrogens is 3. The van der Waals surface area contributed by atoms with E-state index in [-0.39, 0.29) is 12.5 Å². The zero-order chi connectivity index (χ0) is 20.1. The van der Waals surface area contributed by atoms with Gasteiger partial charge in [0, 0.05) is 25.2 Å². The molecule has 1 aliphatic carbocycles. The zero-order valence-electron chi connectivity index (χ0n) is 16.9. The maximum Gasteiger partial charge on any atom is 0.255 e. The van der Waals surface area contributed by atoms with Crippen molar-refractivity contribution in [3.05, 3.63) is 36.2 Å². The number of likely N-dealkylation sites (tertiary alicyclic amines) is 1. The van der Waals surface area contributed by atoms with Crippen LogP contribution >= 0.6 is 0 Å². The first-order valence-corrected chi connectivity index (χ1v) is 10.8. The number of hydrogen-bond acceptors (Lipinski definition) is 5. The van der Waals surface area contributed by atoms with Crippen LogP contribution in [0.25, 0.3) is 11.4 Å². The average Bonchev–Trinajstić information content (AvgIpc) is 3.22. The van der Waals surface area contributed by atoms with E-state index in [2.05, 4.69) is 20.5 Å². The van der Waals surface area contributed by atoms with E-state index in [9.17, 15) is 9.90 Å². The second kappa shape index (κ2) is 9.05. The van der Waals surface area contributed by atoms with Gasteiger partial charge >= 0.3 is 0 Å². The van der Waals surface area contributed by atoms with Crippen molar-refractivity contribution in [1.29, 1.82) is 0 Å². The Bertz CT molecular complexity index is 803. The standard InChI is InChI=1S/C22H31N5O2/c28-21-22(29,12-7-13-27(21)15-17-8-3-1-4-9-17)16-23-14-19-24-20(26-25-19)18-10-5-2-6-11-18/h2,5-6,10-11,17,23,29H,1,3-4,7-9,12-16H2,(H,24,25,26). The molecule has 2 aromatic rings. The van der Waals surface area contributed by atoms with Gasteiger partial charge in [-0.05, 0) is 31.6 Å². The van der Waals surface area contributed by atoms with Crippen molar-refractivity contribution in [2.75, 3.05) is 19.6 Å². The molecule has 0 spiro atoms. The SMILES string of the molecule is O=C1N(CC2CCCCC2)CCCC1(O)CNCc1nc(-c2ccccc2)n[nH]1. The minimum atomic E-state index is -1.32. The molecule has 2 aliphatic rings. The van der Waals surface area contributed by atoms with Gasteiger partial charge in [0.25, 0.3) is 5.91 Å². The third-order valence-corrected chi connectivity index (χ3v) is 6.18. The fourth-order valence-corrected chi connectivity index (χ4v) is 4.56. The first kappa shape index (κ1) is 20.0. The summed E-state index contributed by atoms with van der Waals surface area (Å²) in [6, 6.07) is 9.78. The van der Waals surface area contributed by atoms with Crippen molar-refractivity contribution in [2.24, 2.45) is 5.92 Å². The van der Waals surface area contributed by atoms with Gasteiger partial charge in [-0.1, -0.05) is 49.6 Å². The second-order valence-corrected chi connectivity index (χ2v) is 8.47. The number of piperidine rings is 1. The van der Waals surface area contributed by atoms with Gasteiger partial charge in [-0.15, -0.1) is 0 Å². The van der Waals surface area contributed by atoms with Crippen LogP contribution in [0.3, 0.4) is 0 Å². The number of aromatic amines is 1. The molecule has 156 valence electrons. The Kier molecular flexibility index (Phi) is 6.25. The number of carbonyl (C=O) groups is 1. The number of aliphatic hydroxyl groups is 1. The molecule has 1 atom stereocenters. The molecule has 1 aromatic heterocycles. The summed E-state index contributed by atoms with van der Waals surface area (Å²) in [4.78, 5) is 19.3. The summed E-state index contributed by atoms with van der Waals surface area (Å²) >= 11 is 0. The summed E-state index contributed by atoms with van der Waals surface area (Å²) in [5, 5.41) is 21.4. The molecule has 1 unspecified atom stereocenters. The van der Waals surface area contributed by atoms with Crippen LogP contribution in [0, 0.1) is 5.92 Å². The van der Waals surface area contributed by atoms with Crippen LogP contribution in [0.4, 0.5) is 0 Å². The van der Waals surface area contributed by atoms with Crippen molar-refractivity contribution in [3.8, 4) is 11.4 Å². The van der Waals surface area contributed by atoms with Gasteiger partial charge in [-0.3, -0.25) is 9.89 Å². The van der Waals surface area contributed by atoms with E-state index < -0.39 is 5.60 Å². The van der Waals surface area contributed by atoms with E-state index >= 15 is 0 Å². The quantitative estimate of drug-likeness (QED) is 0.667. The molecule has 29 heavy (non-hydrogen) atoms. The van der Waals surface area contributed by atoms with Crippen molar-refractivity contribution >= 4 is 5.91 Å². The molecular weight excluding hydrogens is 366 g/mol. The summed E-state index contributed by atoms with van der Waals surface area (Å²) in [7, 11) is 0. The molecule has 1 saturated heterocycles. The van der Waals surface area contributed by atoms with E-state index in [1.54, 1.807) is 0 Å². The van der Waals surface area contributed by atoms with E-state index in [4.69, 9.17) is 0 Å². The number of carbonyl (C=O) groups excluding carboxylic acids is 1. The lowest BCUT2D eigenvalue weighted by Crippen LogP contribution is -2.58. The first-order valence-electron chi connectivity index (χ1n) is 10.8. The van der Waals surface area contributed by atoms with Crippen LogP contribution in [0.2, 0.25) is 0 Å². The predicted molar refractivity (Wildman–Crippen MR) is 111 cm³/mol. The molecular formula is C22H31N5O2. The number of benzene rings is 1. The van der Waals surface area contributed by atoms with Gasteiger partial charge in [0.2, 0.25) is 0 Å². The van der Waals surface area contributed by atoms with Crippen molar-refractivity contribution < 1.29 is 9.90 Å². The monoisotopic (exact) mass is 397 g/mol. The Morgan fingerprint density at radius 2 is 1.97 bits per heavy atom. The summed E-state index contributed by atoms with van der Waals surface area (Å²) < 4.78 is 0. The van der Waals surface area contributed by atoms with E-state index in [0.29, 0.717) is 30.5 Å². The largest absolute Gasteiger partial charge is 0.379 e. The summed E-state index contributed by atoms with van der Waals surface area (Å²) in [5.41, 5.74) is -0.371. The van der Waals surface area contributed by atoms with Crippen molar-refractivity contribution in [1.82, 2.24) is 25.4 Å². The second-order valence-electron chi connectivity index (χ2n) is 8.47. The van der Waals surface area contributed by atoms with Crippen LogP contribution in [0.1, 0.15) is 50.8 Å². The van der Waals surface area contributed by atoms with Crippen LogP contribution in [-0.4, -0.2) is 56.3 Å². The van der Waals surface area contributed by atoms with Crippen LogP contribution in [0.5, 0.6) is 0 Å². The lowest BCUT2D eigenvalue weighted by molar-refractivity contribution is -0.157. The number of hydrogen-bond donors (Lipinski definition) is 3. The highest BCUT2D eigenvalue weighted by Crippen LogP contribution is 2.28. The molecule has 3 N–H and O–H groups in total. The normalized spacial score (nSPS) is 23.5. The Labute approximate surface area is 171 Å². The molecule has 7 heteroatoms. The van der Waals surface area contributed by atoms with Gasteiger partial charge in [-0.2, -0.15) is 5.10 Å². The van der Waals surface area contributed by atoms with E-state index in [1.165, 1.54) is 32.1 Å². The Morgan fingerprint density at radius 3 is 2.76 bits per heavy atom. The zero-order valence-corrected chi connectivity index (χ0v) is 16.9. The Hall–Kier alpha value is -2.25. The van der Waals surface area contributed by atoms with Crippen LogP contribution in [0.15, 0.2) is 30.3 Å². The lowest BCUT2D eigenvalue weighted by Gasteiger charge is -2.40. The molecule has 1 aliphatic heterocycles. The fourth-order valence-electron chi connectivity index (χ4n) is 4.56. The molecule has 2 fully saturated rings. The highest BCUT2D eigenvalue weighted by molar-refractivity contribution is 5.86. The third kappa shape index (κ3) is 4.85. The lowest BCUT2D eigenvalue weighted by atomic mass is 9.86. The number of amides is 1. The van der Waals surface area contributed by atoms with Crippen LogP contribution in [-0.2, 0) is 11.3 Å². The summed E-state index contributed by atoms with van der Waals surface area (Å²) in [5.74, 6) is 1.81. The third-order valence-electron chi connectivity index (χ3n) is 6.18. The Balaban J connectivity index is 1.30. The minimum Gasteiger partial charge on any atom is -0.379 e. The number of nitrogens with one attached hydrogen (secondary N) is 2. The topological polar surface area (TPSA) is 94.1 Å². The summed E-state index contributed by atoms with van der Waals surface area (Å²) in [6.45, 7) is 2.22. The highest BCUT2D eigenvalue weighted by atomic mass is 16.3. The van der Waals surface area contributed by atoms with Gasteiger partial charge < -0.3 is 15.3 Å². The van der Waals surface area contributed by atoms with Crippen LogP contribution < -0.4 is 5.32 Å². The van der Waals surface area contributed by atoms with Gasteiger partial charge in [0.15, 0.2) is 11.4 Å². The molecule has 1 amide bonds. The molecule has 7 nitrogen and oxygen atoms in total. The smallest absolute Gasteiger partial charge is 0.255 e. The van der Waals surface area contributed by atoms with Gasteiger partial charge in [0.1, 0.15) is 5.82 Å². The number of H-pyrrole nitrogens is 1. The molecule has 1 aromatic carbocycles. The average molecular weight is 398 g/mol. The predicted octanol–water partition coefficient (Wildman–Crippen LogP) is 2.50. The van der Waals surface area contributed by atoms with Gasteiger partial charge in [0.05, 0.1) is 6.54 Å². The number of rotatable bonds is 7. The Morgan fingerprint density at radius 1 is 1.17 bits per heavy atom. The molecule has 4 rings (SSSR count).